The zero-order valence-electron chi connectivity index (χ0n) is 15.2. The number of ether oxygens (including phenoxy) is 2. The van der Waals surface area contributed by atoms with Crippen LogP contribution in [0.4, 0.5) is 4.79 Å². The van der Waals surface area contributed by atoms with Crippen molar-refractivity contribution in [2.75, 3.05) is 0 Å². The Morgan fingerprint density at radius 1 is 1.00 bits per heavy atom. The van der Waals surface area contributed by atoms with E-state index in [-0.39, 0.29) is 12.0 Å². The lowest BCUT2D eigenvalue weighted by Crippen LogP contribution is -2.34. The summed E-state index contributed by atoms with van der Waals surface area (Å²) in [5.74, 6) is -0.705. The summed E-state index contributed by atoms with van der Waals surface area (Å²) in [6, 6.07) is 14.9. The van der Waals surface area contributed by atoms with Gasteiger partial charge >= 0.3 is 12.1 Å². The standard InChI is InChI=1S/C20H24N2O4/c1-14(2)19(23)25-15(3)26-20(24)22-18(16-9-5-4-6-10-16)13-17-11-7-8-12-21-17/h4-12,14-15,18H,13H2,1-3H3,(H,22,24)/t15-,18+/m1/s1. The molecule has 0 aliphatic carbocycles. The zero-order chi connectivity index (χ0) is 18.9. The Hall–Kier alpha value is -2.89. The van der Waals surface area contributed by atoms with E-state index in [0.717, 1.165) is 11.3 Å². The van der Waals surface area contributed by atoms with Gasteiger partial charge in [0.05, 0.1) is 12.0 Å². The number of hydrogen-bond donors (Lipinski definition) is 1. The molecule has 0 spiro atoms. The molecule has 26 heavy (non-hydrogen) atoms. The molecular weight excluding hydrogens is 332 g/mol. The lowest BCUT2D eigenvalue weighted by molar-refractivity contribution is -0.168. The Morgan fingerprint density at radius 3 is 2.31 bits per heavy atom. The van der Waals surface area contributed by atoms with Crippen molar-refractivity contribution in [3.63, 3.8) is 0 Å². The Bertz CT molecular complexity index is 704. The monoisotopic (exact) mass is 356 g/mol. The molecule has 1 aromatic carbocycles. The number of alkyl carbamates (subject to hydrolysis) is 1. The number of carbonyl (C=O) groups is 2. The molecule has 1 heterocycles. The molecule has 6 heteroatoms. The lowest BCUT2D eigenvalue weighted by Gasteiger charge is -2.21. The first-order valence-electron chi connectivity index (χ1n) is 8.58. The number of nitrogens with zero attached hydrogens (tertiary/aromatic N) is 1. The van der Waals surface area contributed by atoms with Gasteiger partial charge in [-0.15, -0.1) is 0 Å². The summed E-state index contributed by atoms with van der Waals surface area (Å²) in [6.07, 6.45) is 0.610. The summed E-state index contributed by atoms with van der Waals surface area (Å²) < 4.78 is 10.2. The molecule has 0 saturated heterocycles. The predicted molar refractivity (Wildman–Crippen MR) is 97.1 cm³/mol. The molecule has 2 aromatic rings. The van der Waals surface area contributed by atoms with Crippen LogP contribution in [0.25, 0.3) is 0 Å². The fourth-order valence-electron chi connectivity index (χ4n) is 2.32. The summed E-state index contributed by atoms with van der Waals surface area (Å²) in [5, 5.41) is 2.82. The maximum atomic E-state index is 12.2. The smallest absolute Gasteiger partial charge is 0.410 e. The SMILES string of the molecule is CC(C)C(=O)O[C@@H](C)OC(=O)N[C@@H](Cc1ccccn1)c1ccccc1. The first-order valence-corrected chi connectivity index (χ1v) is 8.58. The Labute approximate surface area is 153 Å². The summed E-state index contributed by atoms with van der Waals surface area (Å²) in [6.45, 7) is 4.94. The number of pyridine rings is 1. The average molecular weight is 356 g/mol. The largest absolute Gasteiger partial charge is 0.425 e. The number of carbonyl (C=O) groups excluding carboxylic acids is 2. The van der Waals surface area contributed by atoms with Gasteiger partial charge in [0, 0.05) is 25.2 Å². The van der Waals surface area contributed by atoms with Crippen LogP contribution < -0.4 is 5.32 Å². The quantitative estimate of drug-likeness (QED) is 0.605. The molecule has 0 unspecified atom stereocenters. The van der Waals surface area contributed by atoms with Crippen molar-refractivity contribution in [1.29, 1.82) is 0 Å². The van der Waals surface area contributed by atoms with Crippen molar-refractivity contribution in [2.24, 2.45) is 5.92 Å². The number of nitrogens with one attached hydrogen (secondary N) is 1. The van der Waals surface area contributed by atoms with Crippen molar-refractivity contribution in [3.8, 4) is 0 Å². The van der Waals surface area contributed by atoms with Gasteiger partial charge in [-0.3, -0.25) is 9.78 Å². The molecule has 0 bridgehead atoms. The van der Waals surface area contributed by atoms with Gasteiger partial charge in [-0.05, 0) is 17.7 Å². The molecular formula is C20H24N2O4. The van der Waals surface area contributed by atoms with E-state index in [1.165, 1.54) is 6.92 Å². The second-order valence-corrected chi connectivity index (χ2v) is 6.20. The normalized spacial score (nSPS) is 12.9. The Kier molecular flexibility index (Phi) is 7.14. The molecule has 1 N–H and O–H groups in total. The van der Waals surface area contributed by atoms with Crippen molar-refractivity contribution in [2.45, 2.75) is 39.5 Å². The highest BCUT2D eigenvalue weighted by atomic mass is 16.7. The Morgan fingerprint density at radius 2 is 1.69 bits per heavy atom. The molecule has 0 aliphatic heterocycles. The minimum absolute atomic E-state index is 0.287. The van der Waals surface area contributed by atoms with Gasteiger partial charge < -0.3 is 14.8 Å². The summed E-state index contributed by atoms with van der Waals surface area (Å²) in [5.41, 5.74) is 1.78. The van der Waals surface area contributed by atoms with Crippen LogP contribution in [0.15, 0.2) is 54.7 Å². The number of benzene rings is 1. The van der Waals surface area contributed by atoms with E-state index in [4.69, 9.17) is 9.47 Å². The molecule has 138 valence electrons. The molecule has 6 nitrogen and oxygen atoms in total. The highest BCUT2D eigenvalue weighted by molar-refractivity contribution is 5.72. The number of esters is 1. The molecule has 0 saturated carbocycles. The fraction of sp³-hybridized carbons (Fsp3) is 0.350. The predicted octanol–water partition coefficient (Wildman–Crippen LogP) is 3.64. The van der Waals surface area contributed by atoms with Crippen molar-refractivity contribution >= 4 is 12.1 Å². The van der Waals surface area contributed by atoms with E-state index in [9.17, 15) is 9.59 Å². The first-order chi connectivity index (χ1) is 12.5. The second kappa shape index (κ2) is 9.56. The average Bonchev–Trinajstić information content (AvgIpc) is 2.62. The first kappa shape index (κ1) is 19.4. The summed E-state index contributed by atoms with van der Waals surface area (Å²) >= 11 is 0. The molecule has 2 rings (SSSR count). The molecule has 0 radical (unpaired) electrons. The lowest BCUT2D eigenvalue weighted by atomic mass is 10.0. The summed E-state index contributed by atoms with van der Waals surface area (Å²) in [7, 11) is 0. The van der Waals surface area contributed by atoms with Crippen LogP contribution in [0.3, 0.4) is 0 Å². The van der Waals surface area contributed by atoms with E-state index in [1.54, 1.807) is 20.0 Å². The maximum Gasteiger partial charge on any atom is 0.410 e. The molecule has 0 aliphatic rings. The van der Waals surface area contributed by atoms with Gasteiger partial charge in [0.25, 0.3) is 0 Å². The minimum atomic E-state index is -0.962. The van der Waals surface area contributed by atoms with Crippen LogP contribution in [-0.4, -0.2) is 23.3 Å². The van der Waals surface area contributed by atoms with Gasteiger partial charge in [0.1, 0.15) is 0 Å². The minimum Gasteiger partial charge on any atom is -0.425 e. The second-order valence-electron chi connectivity index (χ2n) is 6.20. The van der Waals surface area contributed by atoms with E-state index in [0.29, 0.717) is 6.42 Å². The molecule has 1 aromatic heterocycles. The molecule has 1 amide bonds. The highest BCUT2D eigenvalue weighted by Gasteiger charge is 2.20. The fourth-order valence-corrected chi connectivity index (χ4v) is 2.32. The van der Waals surface area contributed by atoms with Gasteiger partial charge in [-0.2, -0.15) is 0 Å². The molecule has 2 atom stereocenters. The number of amides is 1. The van der Waals surface area contributed by atoms with Gasteiger partial charge in [-0.25, -0.2) is 4.79 Å². The number of aromatic nitrogens is 1. The third kappa shape index (κ3) is 6.20. The van der Waals surface area contributed by atoms with Crippen LogP contribution in [0.1, 0.15) is 38.1 Å². The van der Waals surface area contributed by atoms with Crippen molar-refractivity contribution < 1.29 is 19.1 Å². The van der Waals surface area contributed by atoms with Gasteiger partial charge in [0.15, 0.2) is 0 Å². The summed E-state index contributed by atoms with van der Waals surface area (Å²) in [4.78, 5) is 28.1. The van der Waals surface area contributed by atoms with Crippen LogP contribution >= 0.6 is 0 Å². The van der Waals surface area contributed by atoms with Crippen LogP contribution in [0.5, 0.6) is 0 Å². The van der Waals surface area contributed by atoms with E-state index >= 15 is 0 Å². The third-order valence-electron chi connectivity index (χ3n) is 3.66. The van der Waals surface area contributed by atoms with Gasteiger partial charge in [-0.1, -0.05) is 50.2 Å². The van der Waals surface area contributed by atoms with E-state index in [2.05, 4.69) is 10.3 Å². The van der Waals surface area contributed by atoms with Crippen LogP contribution in [0.2, 0.25) is 0 Å². The van der Waals surface area contributed by atoms with Crippen molar-refractivity contribution in [3.05, 3.63) is 66.0 Å². The Balaban J connectivity index is 2.02. The topological polar surface area (TPSA) is 77.5 Å². The zero-order valence-corrected chi connectivity index (χ0v) is 15.2. The van der Waals surface area contributed by atoms with Gasteiger partial charge in [0.2, 0.25) is 6.29 Å². The van der Waals surface area contributed by atoms with Crippen LogP contribution in [0, 0.1) is 5.92 Å². The van der Waals surface area contributed by atoms with Crippen LogP contribution in [-0.2, 0) is 20.7 Å². The number of hydrogen-bond acceptors (Lipinski definition) is 5. The third-order valence-corrected chi connectivity index (χ3v) is 3.66. The highest BCUT2D eigenvalue weighted by Crippen LogP contribution is 2.18. The van der Waals surface area contributed by atoms with Crippen molar-refractivity contribution in [1.82, 2.24) is 10.3 Å². The molecule has 0 fully saturated rings. The van der Waals surface area contributed by atoms with E-state index in [1.807, 2.05) is 48.5 Å². The van der Waals surface area contributed by atoms with E-state index < -0.39 is 18.4 Å². The maximum absolute atomic E-state index is 12.2. The number of rotatable bonds is 7.